The molecule has 0 aromatic rings. The Morgan fingerprint density at radius 2 is 1.80 bits per heavy atom. The fourth-order valence-electron chi connectivity index (χ4n) is 1.91. The van der Waals surface area contributed by atoms with Gasteiger partial charge in [-0.1, -0.05) is 19.3 Å². The van der Waals surface area contributed by atoms with Gasteiger partial charge in [0.05, 0.1) is 12.2 Å². The van der Waals surface area contributed by atoms with Crippen molar-refractivity contribution in [1.82, 2.24) is 0 Å². The van der Waals surface area contributed by atoms with Gasteiger partial charge in [0.25, 0.3) is 0 Å². The standard InChI is InChI=1S/C12H21NO2/c1-2-15-12(14)10-8-6-4-3-5-7-9-11(10)13/h2-9,13H2,1H3/b11-10-. The van der Waals surface area contributed by atoms with Gasteiger partial charge in [-0.2, -0.15) is 0 Å². The highest BCUT2D eigenvalue weighted by Crippen LogP contribution is 2.20. The highest BCUT2D eigenvalue weighted by atomic mass is 16.5. The van der Waals surface area contributed by atoms with Crippen molar-refractivity contribution in [2.75, 3.05) is 6.61 Å². The molecule has 15 heavy (non-hydrogen) atoms. The summed E-state index contributed by atoms with van der Waals surface area (Å²) >= 11 is 0. The van der Waals surface area contributed by atoms with E-state index in [4.69, 9.17) is 10.5 Å². The number of allylic oxidation sites excluding steroid dienone is 1. The van der Waals surface area contributed by atoms with Crippen molar-refractivity contribution in [2.45, 2.75) is 51.9 Å². The van der Waals surface area contributed by atoms with Crippen LogP contribution in [0, 0.1) is 0 Å². The smallest absolute Gasteiger partial charge is 0.335 e. The Morgan fingerprint density at radius 3 is 2.47 bits per heavy atom. The summed E-state index contributed by atoms with van der Waals surface area (Å²) in [6.45, 7) is 2.25. The summed E-state index contributed by atoms with van der Waals surface area (Å²) in [5.41, 5.74) is 7.39. The second-order valence-corrected chi connectivity index (χ2v) is 3.99. The maximum atomic E-state index is 11.6. The van der Waals surface area contributed by atoms with Gasteiger partial charge in [-0.15, -0.1) is 0 Å². The first kappa shape index (κ1) is 12.1. The summed E-state index contributed by atoms with van der Waals surface area (Å²) in [5, 5.41) is 0. The van der Waals surface area contributed by atoms with Crippen molar-refractivity contribution in [3.05, 3.63) is 11.3 Å². The van der Waals surface area contributed by atoms with Gasteiger partial charge in [-0.3, -0.25) is 0 Å². The van der Waals surface area contributed by atoms with Crippen LogP contribution in [0.15, 0.2) is 11.3 Å². The highest BCUT2D eigenvalue weighted by Gasteiger charge is 2.15. The molecule has 0 bridgehead atoms. The molecule has 0 radical (unpaired) electrons. The molecule has 1 rings (SSSR count). The van der Waals surface area contributed by atoms with Crippen molar-refractivity contribution in [1.29, 1.82) is 0 Å². The fourth-order valence-corrected chi connectivity index (χ4v) is 1.91. The van der Waals surface area contributed by atoms with Gasteiger partial charge in [0.15, 0.2) is 0 Å². The lowest BCUT2D eigenvalue weighted by atomic mass is 10.1. The second-order valence-electron chi connectivity index (χ2n) is 3.99. The summed E-state index contributed by atoms with van der Waals surface area (Å²) in [5.74, 6) is -0.211. The summed E-state index contributed by atoms with van der Waals surface area (Å²) in [7, 11) is 0. The molecule has 3 heteroatoms. The topological polar surface area (TPSA) is 52.3 Å². The van der Waals surface area contributed by atoms with Crippen LogP contribution in [-0.2, 0) is 9.53 Å². The molecule has 0 saturated heterocycles. The van der Waals surface area contributed by atoms with Gasteiger partial charge in [0.1, 0.15) is 0 Å². The lowest BCUT2D eigenvalue weighted by Gasteiger charge is -2.09. The van der Waals surface area contributed by atoms with E-state index >= 15 is 0 Å². The van der Waals surface area contributed by atoms with Gasteiger partial charge in [0, 0.05) is 5.70 Å². The van der Waals surface area contributed by atoms with E-state index in [1.54, 1.807) is 0 Å². The van der Waals surface area contributed by atoms with Crippen LogP contribution in [0.1, 0.15) is 51.9 Å². The molecule has 86 valence electrons. The maximum absolute atomic E-state index is 11.6. The lowest BCUT2D eigenvalue weighted by molar-refractivity contribution is -0.138. The Balaban J connectivity index is 2.68. The summed E-state index contributed by atoms with van der Waals surface area (Å²) < 4.78 is 5.01. The van der Waals surface area contributed by atoms with E-state index in [2.05, 4.69) is 0 Å². The molecule has 3 nitrogen and oxygen atoms in total. The zero-order valence-electron chi connectivity index (χ0n) is 9.55. The van der Waals surface area contributed by atoms with E-state index in [9.17, 15) is 4.79 Å². The van der Waals surface area contributed by atoms with Crippen molar-refractivity contribution in [3.8, 4) is 0 Å². The minimum Gasteiger partial charge on any atom is -0.463 e. The van der Waals surface area contributed by atoms with Gasteiger partial charge in [-0.25, -0.2) is 4.79 Å². The molecule has 1 aliphatic carbocycles. The van der Waals surface area contributed by atoms with E-state index in [1.807, 2.05) is 6.92 Å². The molecule has 0 fully saturated rings. The third kappa shape index (κ3) is 3.94. The van der Waals surface area contributed by atoms with Crippen LogP contribution in [0.5, 0.6) is 0 Å². The Morgan fingerprint density at radius 1 is 1.20 bits per heavy atom. The Bertz CT molecular complexity index is 246. The molecule has 0 amide bonds. The third-order valence-corrected chi connectivity index (χ3v) is 2.78. The molecular weight excluding hydrogens is 190 g/mol. The Labute approximate surface area is 91.7 Å². The fraction of sp³-hybridized carbons (Fsp3) is 0.750. The van der Waals surface area contributed by atoms with Gasteiger partial charge >= 0.3 is 5.97 Å². The molecule has 2 N–H and O–H groups in total. The average Bonchev–Trinajstić information content (AvgIpc) is 2.30. The molecule has 0 heterocycles. The molecule has 0 saturated carbocycles. The lowest BCUT2D eigenvalue weighted by Crippen LogP contribution is -2.14. The minimum absolute atomic E-state index is 0.211. The van der Waals surface area contributed by atoms with Crippen molar-refractivity contribution >= 4 is 5.97 Å². The average molecular weight is 211 g/mol. The molecule has 0 atom stereocenters. The minimum atomic E-state index is -0.211. The Hall–Kier alpha value is -0.990. The molecule has 0 spiro atoms. The van der Waals surface area contributed by atoms with Gasteiger partial charge in [0.2, 0.25) is 0 Å². The number of esters is 1. The zero-order chi connectivity index (χ0) is 11.1. The van der Waals surface area contributed by atoms with Crippen molar-refractivity contribution < 1.29 is 9.53 Å². The predicted molar refractivity (Wildman–Crippen MR) is 60.2 cm³/mol. The molecular formula is C12H21NO2. The SMILES string of the molecule is CCOC(=O)/C1=C(\N)CCCCCCC1. The first-order chi connectivity index (χ1) is 7.25. The van der Waals surface area contributed by atoms with Crippen LogP contribution in [0.2, 0.25) is 0 Å². The van der Waals surface area contributed by atoms with Crippen LogP contribution < -0.4 is 5.73 Å². The number of rotatable bonds is 2. The van der Waals surface area contributed by atoms with E-state index in [-0.39, 0.29) is 5.97 Å². The quantitative estimate of drug-likeness (QED) is 0.714. The number of nitrogens with two attached hydrogens (primary N) is 1. The first-order valence-electron chi connectivity index (χ1n) is 5.90. The van der Waals surface area contributed by atoms with Gasteiger partial charge in [-0.05, 0) is 32.6 Å². The molecule has 0 aromatic heterocycles. The number of carbonyl (C=O) groups is 1. The molecule has 1 aliphatic rings. The van der Waals surface area contributed by atoms with E-state index in [0.29, 0.717) is 6.61 Å². The van der Waals surface area contributed by atoms with Crippen LogP contribution >= 0.6 is 0 Å². The number of ether oxygens (including phenoxy) is 1. The van der Waals surface area contributed by atoms with Crippen molar-refractivity contribution in [3.63, 3.8) is 0 Å². The highest BCUT2D eigenvalue weighted by molar-refractivity contribution is 5.89. The zero-order valence-corrected chi connectivity index (χ0v) is 9.55. The van der Waals surface area contributed by atoms with Crippen molar-refractivity contribution in [2.24, 2.45) is 5.73 Å². The maximum Gasteiger partial charge on any atom is 0.335 e. The van der Waals surface area contributed by atoms with E-state index < -0.39 is 0 Å². The molecule has 0 aromatic carbocycles. The number of hydrogen-bond acceptors (Lipinski definition) is 3. The Kier molecular flexibility index (Phi) is 5.22. The summed E-state index contributed by atoms with van der Waals surface area (Å²) in [6.07, 6.45) is 7.43. The summed E-state index contributed by atoms with van der Waals surface area (Å²) in [4.78, 5) is 11.6. The largest absolute Gasteiger partial charge is 0.463 e. The third-order valence-electron chi connectivity index (χ3n) is 2.78. The first-order valence-corrected chi connectivity index (χ1v) is 5.90. The normalized spacial score (nSPS) is 23.8. The summed E-state index contributed by atoms with van der Waals surface area (Å²) in [6, 6.07) is 0. The van der Waals surface area contributed by atoms with Crippen LogP contribution in [0.25, 0.3) is 0 Å². The second kappa shape index (κ2) is 6.49. The van der Waals surface area contributed by atoms with E-state index in [1.165, 1.54) is 19.3 Å². The van der Waals surface area contributed by atoms with E-state index in [0.717, 1.165) is 37.0 Å². The van der Waals surface area contributed by atoms with Crippen LogP contribution in [-0.4, -0.2) is 12.6 Å². The van der Waals surface area contributed by atoms with Crippen LogP contribution in [0.4, 0.5) is 0 Å². The number of hydrogen-bond donors (Lipinski definition) is 1. The monoisotopic (exact) mass is 211 g/mol. The van der Waals surface area contributed by atoms with Gasteiger partial charge < -0.3 is 10.5 Å². The van der Waals surface area contributed by atoms with Crippen LogP contribution in [0.3, 0.4) is 0 Å². The predicted octanol–water partition coefficient (Wildman–Crippen LogP) is 2.51. The number of carbonyl (C=O) groups excluding carboxylic acids is 1. The molecule has 0 aliphatic heterocycles. The molecule has 0 unspecified atom stereocenters.